The monoisotopic (exact) mass is 386 g/mol. The molecule has 2 nitrogen and oxygen atoms in total. The van der Waals surface area contributed by atoms with Crippen LogP contribution in [0.25, 0.3) is 0 Å². The molecule has 0 spiro atoms. The predicted octanol–water partition coefficient (Wildman–Crippen LogP) is 4.84. The van der Waals surface area contributed by atoms with Gasteiger partial charge in [0.1, 0.15) is 0 Å². The van der Waals surface area contributed by atoms with Crippen LogP contribution in [0, 0.1) is 12.8 Å². The zero-order chi connectivity index (χ0) is 16.9. The highest BCUT2D eigenvalue weighted by Crippen LogP contribution is 2.26. The Morgan fingerprint density at radius 1 is 1.08 bits per heavy atom. The first-order valence-electron chi connectivity index (χ1n) is 8.92. The Morgan fingerprint density at radius 2 is 1.79 bits per heavy atom. The van der Waals surface area contributed by atoms with Crippen LogP contribution in [-0.2, 0) is 12.8 Å². The smallest absolute Gasteiger partial charge is 0.0314 e. The lowest BCUT2D eigenvalue weighted by atomic mass is 9.89. The van der Waals surface area contributed by atoms with E-state index < -0.39 is 0 Å². The molecule has 0 unspecified atom stereocenters. The average molecular weight is 387 g/mol. The average Bonchev–Trinajstić information content (AvgIpc) is 2.59. The maximum atomic E-state index is 5.75. The molecule has 0 radical (unpaired) electrons. The SMILES string of the molecule is Cc1ccc(Br)c(CC2CCN(CCc3ccc(N)cc3)CC2)c1. The van der Waals surface area contributed by atoms with Gasteiger partial charge in [0, 0.05) is 16.7 Å². The molecule has 24 heavy (non-hydrogen) atoms. The summed E-state index contributed by atoms with van der Waals surface area (Å²) < 4.78 is 1.26. The van der Waals surface area contributed by atoms with E-state index in [0.717, 1.165) is 24.6 Å². The number of hydrogen-bond donors (Lipinski definition) is 1. The molecule has 2 N–H and O–H groups in total. The number of halogens is 1. The molecular formula is C21H27BrN2. The van der Waals surface area contributed by atoms with Crippen molar-refractivity contribution in [2.75, 3.05) is 25.4 Å². The molecule has 1 aliphatic heterocycles. The van der Waals surface area contributed by atoms with Crippen molar-refractivity contribution in [3.8, 4) is 0 Å². The first kappa shape index (κ1) is 17.5. The van der Waals surface area contributed by atoms with Gasteiger partial charge in [0.25, 0.3) is 0 Å². The van der Waals surface area contributed by atoms with Crippen LogP contribution in [0.3, 0.4) is 0 Å². The van der Waals surface area contributed by atoms with E-state index in [1.807, 2.05) is 12.1 Å². The predicted molar refractivity (Wildman–Crippen MR) is 106 cm³/mol. The number of piperidine rings is 1. The molecule has 3 heteroatoms. The second-order valence-electron chi connectivity index (χ2n) is 7.08. The van der Waals surface area contributed by atoms with E-state index >= 15 is 0 Å². The van der Waals surface area contributed by atoms with Crippen LogP contribution in [0.2, 0.25) is 0 Å². The van der Waals surface area contributed by atoms with E-state index in [4.69, 9.17) is 5.73 Å². The Labute approximate surface area is 154 Å². The maximum absolute atomic E-state index is 5.75. The third-order valence-electron chi connectivity index (χ3n) is 5.11. The molecule has 128 valence electrons. The topological polar surface area (TPSA) is 29.3 Å². The van der Waals surface area contributed by atoms with Gasteiger partial charge >= 0.3 is 0 Å². The molecule has 1 heterocycles. The van der Waals surface area contributed by atoms with E-state index in [1.165, 1.54) is 53.5 Å². The molecule has 0 aliphatic carbocycles. The van der Waals surface area contributed by atoms with Crippen molar-refractivity contribution in [1.29, 1.82) is 0 Å². The molecule has 3 rings (SSSR count). The van der Waals surface area contributed by atoms with Crippen molar-refractivity contribution in [1.82, 2.24) is 4.90 Å². The van der Waals surface area contributed by atoms with Crippen molar-refractivity contribution in [2.45, 2.75) is 32.6 Å². The van der Waals surface area contributed by atoms with Gasteiger partial charge in [-0.25, -0.2) is 0 Å². The number of nitrogens with zero attached hydrogens (tertiary/aromatic N) is 1. The molecule has 0 amide bonds. The van der Waals surface area contributed by atoms with Crippen molar-refractivity contribution < 1.29 is 0 Å². The molecule has 0 saturated carbocycles. The maximum Gasteiger partial charge on any atom is 0.0314 e. The number of likely N-dealkylation sites (tertiary alicyclic amines) is 1. The fourth-order valence-electron chi connectivity index (χ4n) is 3.56. The molecule has 1 fully saturated rings. The molecule has 1 saturated heterocycles. The first-order chi connectivity index (χ1) is 11.6. The fourth-order valence-corrected chi connectivity index (χ4v) is 3.97. The Balaban J connectivity index is 1.45. The van der Waals surface area contributed by atoms with Gasteiger partial charge in [-0.3, -0.25) is 0 Å². The van der Waals surface area contributed by atoms with Crippen molar-refractivity contribution in [3.05, 3.63) is 63.6 Å². The molecule has 1 aliphatic rings. The highest BCUT2D eigenvalue weighted by atomic mass is 79.9. The first-order valence-corrected chi connectivity index (χ1v) is 9.71. The zero-order valence-corrected chi connectivity index (χ0v) is 16.1. The van der Waals surface area contributed by atoms with E-state index in [0.29, 0.717) is 0 Å². The van der Waals surface area contributed by atoms with Crippen LogP contribution in [-0.4, -0.2) is 24.5 Å². The van der Waals surface area contributed by atoms with Crippen LogP contribution < -0.4 is 5.73 Å². The van der Waals surface area contributed by atoms with Gasteiger partial charge in [0.2, 0.25) is 0 Å². The molecule has 0 bridgehead atoms. The van der Waals surface area contributed by atoms with Gasteiger partial charge < -0.3 is 10.6 Å². The number of benzene rings is 2. The normalized spacial score (nSPS) is 16.4. The van der Waals surface area contributed by atoms with Crippen molar-refractivity contribution in [3.63, 3.8) is 0 Å². The Morgan fingerprint density at radius 3 is 2.50 bits per heavy atom. The summed E-state index contributed by atoms with van der Waals surface area (Å²) in [5.41, 5.74) is 10.8. The fraction of sp³-hybridized carbons (Fsp3) is 0.429. The third kappa shape index (κ3) is 4.84. The van der Waals surface area contributed by atoms with Gasteiger partial charge in [0.05, 0.1) is 0 Å². The van der Waals surface area contributed by atoms with Crippen LogP contribution in [0.15, 0.2) is 46.9 Å². The minimum Gasteiger partial charge on any atom is -0.399 e. The molecule has 2 aromatic rings. The number of anilines is 1. The quantitative estimate of drug-likeness (QED) is 0.744. The van der Waals surface area contributed by atoms with Gasteiger partial charge in [-0.2, -0.15) is 0 Å². The second kappa shape index (κ2) is 8.17. The number of nitrogen functional groups attached to an aromatic ring is 1. The Kier molecular flexibility index (Phi) is 5.96. The number of hydrogen-bond acceptors (Lipinski definition) is 2. The lowest BCUT2D eigenvalue weighted by molar-refractivity contribution is 0.186. The Hall–Kier alpha value is -1.32. The van der Waals surface area contributed by atoms with E-state index in [2.05, 4.69) is 58.1 Å². The summed E-state index contributed by atoms with van der Waals surface area (Å²) in [5.74, 6) is 0.816. The number of rotatable bonds is 5. The number of nitrogens with two attached hydrogens (primary N) is 1. The molecule has 2 aromatic carbocycles. The summed E-state index contributed by atoms with van der Waals surface area (Å²) in [5, 5.41) is 0. The van der Waals surface area contributed by atoms with Crippen molar-refractivity contribution >= 4 is 21.6 Å². The van der Waals surface area contributed by atoms with Gasteiger partial charge in [0.15, 0.2) is 0 Å². The van der Waals surface area contributed by atoms with Crippen LogP contribution in [0.4, 0.5) is 5.69 Å². The third-order valence-corrected chi connectivity index (χ3v) is 5.89. The van der Waals surface area contributed by atoms with Crippen LogP contribution in [0.5, 0.6) is 0 Å². The standard InChI is InChI=1S/C21H27BrN2/c1-16-2-7-21(22)19(14-16)15-18-9-12-24(13-10-18)11-8-17-3-5-20(23)6-4-17/h2-7,14,18H,8-13,15,23H2,1H3. The summed E-state index contributed by atoms with van der Waals surface area (Å²) in [6.45, 7) is 5.78. The summed E-state index contributed by atoms with van der Waals surface area (Å²) in [6.07, 6.45) is 4.94. The van der Waals surface area contributed by atoms with E-state index in [-0.39, 0.29) is 0 Å². The van der Waals surface area contributed by atoms with Gasteiger partial charge in [-0.05, 0) is 80.9 Å². The minimum atomic E-state index is 0.816. The summed E-state index contributed by atoms with van der Waals surface area (Å²) in [4.78, 5) is 2.61. The molecule has 0 aromatic heterocycles. The lowest BCUT2D eigenvalue weighted by Crippen LogP contribution is -2.35. The second-order valence-corrected chi connectivity index (χ2v) is 7.93. The molecule has 0 atom stereocenters. The summed E-state index contributed by atoms with van der Waals surface area (Å²) in [7, 11) is 0. The minimum absolute atomic E-state index is 0.816. The van der Waals surface area contributed by atoms with E-state index in [1.54, 1.807) is 0 Å². The largest absolute Gasteiger partial charge is 0.399 e. The number of aryl methyl sites for hydroxylation is 1. The summed E-state index contributed by atoms with van der Waals surface area (Å²) >= 11 is 3.71. The molecular weight excluding hydrogens is 360 g/mol. The Bertz CT molecular complexity index is 658. The van der Waals surface area contributed by atoms with Crippen molar-refractivity contribution in [2.24, 2.45) is 5.92 Å². The highest BCUT2D eigenvalue weighted by molar-refractivity contribution is 9.10. The van der Waals surface area contributed by atoms with Gasteiger partial charge in [-0.15, -0.1) is 0 Å². The van der Waals surface area contributed by atoms with Crippen LogP contribution in [0.1, 0.15) is 29.5 Å². The highest BCUT2D eigenvalue weighted by Gasteiger charge is 2.20. The van der Waals surface area contributed by atoms with Crippen LogP contribution >= 0.6 is 15.9 Å². The zero-order valence-electron chi connectivity index (χ0n) is 14.5. The summed E-state index contributed by atoms with van der Waals surface area (Å²) in [6, 6.07) is 15.0. The van der Waals surface area contributed by atoms with Gasteiger partial charge in [-0.1, -0.05) is 45.8 Å². The lowest BCUT2D eigenvalue weighted by Gasteiger charge is -2.32. The van der Waals surface area contributed by atoms with E-state index in [9.17, 15) is 0 Å².